The summed E-state index contributed by atoms with van der Waals surface area (Å²) in [5, 5.41) is 12.7. The third-order valence-electron chi connectivity index (χ3n) is 4.42. The zero-order valence-electron chi connectivity index (χ0n) is 16.8. The van der Waals surface area contributed by atoms with Gasteiger partial charge in [-0.15, -0.1) is 0 Å². The smallest absolute Gasteiger partial charge is 0.388 e. The molecule has 4 radical (unpaired) electrons. The summed E-state index contributed by atoms with van der Waals surface area (Å²) in [5.74, 6) is 0. The van der Waals surface area contributed by atoms with Gasteiger partial charge in [-0.25, -0.2) is 9.65 Å². The Kier molecular flexibility index (Phi) is 9.01. The van der Waals surface area contributed by atoms with E-state index in [4.69, 9.17) is 39.2 Å². The molecule has 8 atom stereocenters. The maximum Gasteiger partial charge on any atom is 0.403 e. The first-order chi connectivity index (χ1) is 13.0. The predicted octanol–water partition coefficient (Wildman–Crippen LogP) is -0.182. The van der Waals surface area contributed by atoms with Crippen LogP contribution in [0.25, 0.3) is 0 Å². The fourth-order valence-electron chi connectivity index (χ4n) is 3.16. The maximum absolute atomic E-state index is 12.5. The molecular formula is C16H30B2NO8P. The molecule has 2 aliphatic heterocycles. The lowest BCUT2D eigenvalue weighted by atomic mass is 9.93. The Morgan fingerprint density at radius 2 is 1.82 bits per heavy atom. The molecular weight excluding hydrogens is 387 g/mol. The van der Waals surface area contributed by atoms with E-state index < -0.39 is 50.2 Å². The molecule has 2 aliphatic rings. The van der Waals surface area contributed by atoms with Crippen molar-refractivity contribution in [3.05, 3.63) is 0 Å². The molecule has 0 bridgehead atoms. The van der Waals surface area contributed by atoms with Gasteiger partial charge in [0.25, 0.3) is 0 Å². The zero-order valence-corrected chi connectivity index (χ0v) is 17.7. The number of rotatable bonds is 10. The largest absolute Gasteiger partial charge is 0.403 e. The molecule has 12 heteroatoms. The lowest BCUT2D eigenvalue weighted by molar-refractivity contribution is -0.0758. The van der Waals surface area contributed by atoms with Crippen LogP contribution in [0.15, 0.2) is 0 Å². The van der Waals surface area contributed by atoms with Crippen LogP contribution in [0, 0.1) is 0 Å². The van der Waals surface area contributed by atoms with Crippen molar-refractivity contribution in [1.82, 2.24) is 5.09 Å². The molecule has 0 spiro atoms. The Labute approximate surface area is 169 Å². The van der Waals surface area contributed by atoms with Gasteiger partial charge in [0.15, 0.2) is 0 Å². The van der Waals surface area contributed by atoms with Crippen molar-refractivity contribution in [3.8, 4) is 0 Å². The van der Waals surface area contributed by atoms with Crippen LogP contribution in [0.2, 0.25) is 0 Å². The van der Waals surface area contributed by atoms with Gasteiger partial charge < -0.3 is 28.9 Å². The van der Waals surface area contributed by atoms with Crippen molar-refractivity contribution in [2.45, 2.75) is 88.8 Å². The molecule has 0 aromatic carbocycles. The molecule has 4 unspecified atom stereocenters. The van der Waals surface area contributed by atoms with E-state index >= 15 is 0 Å². The van der Waals surface area contributed by atoms with E-state index in [0.29, 0.717) is 6.42 Å². The standard InChI is InChI=1S/C16H30B2NO8P/c1-8(2)23-6-11-10(5-13(17)26-11)19-28(21,22)24-7-12-15(25-9(3)4)14(20)16(18)27-12/h8-16,20H,5-7H2,1-4H3,(H2,19,21,22)/t10?,11-,12-,13-,14?,15?,16-/m1/s1. The molecule has 2 heterocycles. The van der Waals surface area contributed by atoms with Crippen molar-refractivity contribution < 1.29 is 38.0 Å². The molecule has 0 aromatic heterocycles. The van der Waals surface area contributed by atoms with Crippen LogP contribution in [0.5, 0.6) is 0 Å². The van der Waals surface area contributed by atoms with Crippen LogP contribution in [-0.4, -0.2) is 93.6 Å². The minimum Gasteiger partial charge on any atom is -0.388 e. The number of aliphatic hydroxyl groups is 1. The van der Waals surface area contributed by atoms with E-state index in [1.807, 2.05) is 13.8 Å². The molecule has 2 fully saturated rings. The van der Waals surface area contributed by atoms with E-state index in [9.17, 15) is 14.6 Å². The third kappa shape index (κ3) is 7.07. The van der Waals surface area contributed by atoms with Gasteiger partial charge in [-0.3, -0.25) is 4.52 Å². The van der Waals surface area contributed by atoms with Gasteiger partial charge in [-0.05, 0) is 34.1 Å². The molecule has 0 saturated carbocycles. The highest BCUT2D eigenvalue weighted by Gasteiger charge is 2.44. The van der Waals surface area contributed by atoms with E-state index in [2.05, 4.69) is 5.09 Å². The van der Waals surface area contributed by atoms with E-state index in [0.717, 1.165) is 0 Å². The lowest BCUT2D eigenvalue weighted by Crippen LogP contribution is -2.40. The summed E-state index contributed by atoms with van der Waals surface area (Å²) in [6, 6.07) is -2.03. The van der Waals surface area contributed by atoms with Crippen molar-refractivity contribution in [2.75, 3.05) is 13.2 Å². The van der Waals surface area contributed by atoms with Crippen LogP contribution >= 0.6 is 7.75 Å². The summed E-state index contributed by atoms with van der Waals surface area (Å²) in [6.45, 7) is 7.32. The summed E-state index contributed by atoms with van der Waals surface area (Å²) in [7, 11) is 7.29. The molecule has 3 N–H and O–H groups in total. The van der Waals surface area contributed by atoms with Gasteiger partial charge in [0.05, 0.1) is 31.5 Å². The number of nitrogens with one attached hydrogen (secondary N) is 1. The summed E-state index contributed by atoms with van der Waals surface area (Å²) in [5.41, 5.74) is 0. The van der Waals surface area contributed by atoms with Crippen LogP contribution in [0.3, 0.4) is 0 Å². The average Bonchev–Trinajstić information content (AvgIpc) is 3.04. The van der Waals surface area contributed by atoms with Gasteiger partial charge in [-0.2, -0.15) is 0 Å². The highest BCUT2D eigenvalue weighted by atomic mass is 31.2. The van der Waals surface area contributed by atoms with Crippen LogP contribution in [-0.2, 0) is 28.0 Å². The molecule has 9 nitrogen and oxygen atoms in total. The number of hydrogen-bond donors (Lipinski definition) is 3. The Morgan fingerprint density at radius 1 is 1.14 bits per heavy atom. The van der Waals surface area contributed by atoms with Gasteiger partial charge >= 0.3 is 7.75 Å². The second-order valence-corrected chi connectivity index (χ2v) is 9.22. The zero-order chi connectivity index (χ0) is 21.1. The fourth-order valence-corrected chi connectivity index (χ4v) is 4.27. The minimum absolute atomic E-state index is 0.00806. The first-order valence-corrected chi connectivity index (χ1v) is 11.1. The highest BCUT2D eigenvalue weighted by Crippen LogP contribution is 2.41. The van der Waals surface area contributed by atoms with Crippen molar-refractivity contribution >= 4 is 23.4 Å². The summed E-state index contributed by atoms with van der Waals surface area (Å²) in [6.07, 6.45) is -2.93. The monoisotopic (exact) mass is 417 g/mol. The van der Waals surface area contributed by atoms with Crippen molar-refractivity contribution in [3.63, 3.8) is 0 Å². The van der Waals surface area contributed by atoms with Crippen LogP contribution < -0.4 is 5.09 Å². The quantitative estimate of drug-likeness (QED) is 0.329. The van der Waals surface area contributed by atoms with Crippen LogP contribution in [0.4, 0.5) is 0 Å². The summed E-state index contributed by atoms with van der Waals surface area (Å²) in [4.78, 5) is 10.2. The van der Waals surface area contributed by atoms with E-state index in [-0.39, 0.29) is 25.4 Å². The molecule has 2 saturated heterocycles. The topological polar surface area (TPSA) is 116 Å². The van der Waals surface area contributed by atoms with Gasteiger partial charge in [-0.1, -0.05) is 0 Å². The summed E-state index contributed by atoms with van der Waals surface area (Å²) >= 11 is 0. The van der Waals surface area contributed by atoms with E-state index in [1.165, 1.54) is 0 Å². The number of aliphatic hydroxyl groups excluding tert-OH is 1. The summed E-state index contributed by atoms with van der Waals surface area (Å²) < 4.78 is 39.8. The molecule has 158 valence electrons. The Hall–Kier alpha value is 0.0399. The van der Waals surface area contributed by atoms with Crippen molar-refractivity contribution in [2.24, 2.45) is 0 Å². The SMILES string of the molecule is [B][C@@H]1O[C@H](COP(=O)(O)NC2C[C@H]([B])O[C@@H]2COC(C)C)C(OC(C)C)C1O. The predicted molar refractivity (Wildman–Crippen MR) is 103 cm³/mol. The molecule has 0 aromatic rings. The average molecular weight is 417 g/mol. The van der Waals surface area contributed by atoms with Gasteiger partial charge in [0.1, 0.15) is 34.0 Å². The third-order valence-corrected chi connectivity index (χ3v) is 5.58. The molecule has 2 rings (SSSR count). The van der Waals surface area contributed by atoms with Gasteiger partial charge in [0.2, 0.25) is 0 Å². The first kappa shape index (κ1) is 24.3. The molecule has 0 amide bonds. The minimum atomic E-state index is -4.20. The van der Waals surface area contributed by atoms with Crippen LogP contribution in [0.1, 0.15) is 34.1 Å². The Balaban J connectivity index is 1.90. The highest BCUT2D eigenvalue weighted by molar-refractivity contribution is 7.50. The Morgan fingerprint density at radius 3 is 2.43 bits per heavy atom. The molecule has 0 aliphatic carbocycles. The first-order valence-electron chi connectivity index (χ1n) is 9.51. The van der Waals surface area contributed by atoms with Crippen molar-refractivity contribution in [1.29, 1.82) is 0 Å². The number of hydrogen-bond acceptors (Lipinski definition) is 7. The van der Waals surface area contributed by atoms with E-state index in [1.54, 1.807) is 13.8 Å². The second-order valence-electron chi connectivity index (χ2n) is 7.66. The maximum atomic E-state index is 12.5. The fraction of sp³-hybridized carbons (Fsp3) is 1.00. The second kappa shape index (κ2) is 10.4. The van der Waals surface area contributed by atoms with Gasteiger partial charge in [0, 0.05) is 18.0 Å². The normalized spacial score (nSPS) is 38.4. The Bertz CT molecular complexity index is 543. The molecule has 28 heavy (non-hydrogen) atoms. The number of ether oxygens (including phenoxy) is 4. The lowest BCUT2D eigenvalue weighted by Gasteiger charge is -2.26.